The lowest BCUT2D eigenvalue weighted by Gasteiger charge is -2.34. The van der Waals surface area contributed by atoms with Crippen molar-refractivity contribution in [1.29, 1.82) is 0 Å². The monoisotopic (exact) mass is 584 g/mol. The van der Waals surface area contributed by atoms with Gasteiger partial charge in [-0.05, 0) is 126 Å². The van der Waals surface area contributed by atoms with Gasteiger partial charge in [0.1, 0.15) is 0 Å². The molecule has 0 saturated carbocycles. The summed E-state index contributed by atoms with van der Waals surface area (Å²) in [5.41, 5.74) is 6.45. The summed E-state index contributed by atoms with van der Waals surface area (Å²) in [5.74, 6) is 0.350. The van der Waals surface area contributed by atoms with Crippen molar-refractivity contribution in [3.63, 3.8) is 0 Å². The van der Waals surface area contributed by atoms with Crippen LogP contribution >= 0.6 is 61.7 Å². The van der Waals surface area contributed by atoms with E-state index in [-0.39, 0.29) is 0 Å². The van der Waals surface area contributed by atoms with Crippen LogP contribution in [0, 0.1) is 5.92 Å². The molecular formula is C23H32N2P8. The predicted octanol–water partition coefficient (Wildman–Crippen LogP) is 12.8. The molecule has 0 radical (unpaired) electrons. The maximum Gasteiger partial charge on any atom is 0.0757 e. The van der Waals surface area contributed by atoms with Gasteiger partial charge in [0.2, 0.25) is 0 Å². The number of nitrogens with zero attached hydrogens (tertiary/aromatic N) is 2. The van der Waals surface area contributed by atoms with Gasteiger partial charge >= 0.3 is 0 Å². The Morgan fingerprint density at radius 1 is 0.909 bits per heavy atom. The van der Waals surface area contributed by atoms with Gasteiger partial charge in [-0.1, -0.05) is 27.0 Å². The van der Waals surface area contributed by atoms with Crippen LogP contribution in [0.5, 0.6) is 0 Å². The molecule has 0 N–H and O–H groups in total. The van der Waals surface area contributed by atoms with Gasteiger partial charge in [0.15, 0.2) is 0 Å². The molecule has 0 aliphatic carbocycles. The zero-order chi connectivity index (χ0) is 24.3. The fourth-order valence-electron chi connectivity index (χ4n) is 4.04. The summed E-state index contributed by atoms with van der Waals surface area (Å²) in [6.07, 6.45) is 2.11. The van der Waals surface area contributed by atoms with Crippen molar-refractivity contribution >= 4 is 84.2 Å². The van der Waals surface area contributed by atoms with Crippen LogP contribution in [0.2, 0.25) is 0 Å². The van der Waals surface area contributed by atoms with E-state index in [1.165, 1.54) is 111 Å². The Labute approximate surface area is 212 Å². The van der Waals surface area contributed by atoms with Crippen molar-refractivity contribution in [3.8, 4) is 0 Å². The van der Waals surface area contributed by atoms with Crippen LogP contribution in [-0.4, -0.2) is 29.7 Å². The van der Waals surface area contributed by atoms with Crippen LogP contribution in [0.15, 0.2) is 23.7 Å². The SMILES string of the molecule is C=C(C)c1ppppc1C1=N/C(c2ppppc2C(=C)C)=C(/CC)C[C@H](C)N(C)C(C)C1C. The largest absolute Gasteiger partial charge is 0.300 e. The van der Waals surface area contributed by atoms with Gasteiger partial charge in [-0.25, -0.2) is 0 Å². The van der Waals surface area contributed by atoms with E-state index in [1.807, 2.05) is 0 Å². The first-order valence-corrected chi connectivity index (χ1v) is 22.5. The molecule has 1 aliphatic heterocycles. The number of aliphatic imine (C=N–C) groups is 1. The highest BCUT2D eigenvalue weighted by molar-refractivity contribution is 8.30. The molecule has 2 aromatic heterocycles. The standard InChI is InChI=1S/C23H32N2P8/c1-10-17-11-14(6)25(9)16(8)15(7)18(22-20(12(2)3)26-30-32-28-22)24-19(17)23-21(13(4)5)27-31-33-29-23/h14-16H,2,4,10-11H2,1,3,5-9H3/b19-17-,24-18?/t14-,15?,16?/m0/s1. The summed E-state index contributed by atoms with van der Waals surface area (Å²) in [5, 5.41) is 5.67. The quantitative estimate of drug-likeness (QED) is 0.341. The van der Waals surface area contributed by atoms with Gasteiger partial charge < -0.3 is 4.90 Å². The minimum absolute atomic E-state index is 0.350. The number of hydrogen-bond donors (Lipinski definition) is 0. The molecule has 0 fully saturated rings. The normalized spacial score (nSPS) is 26.4. The van der Waals surface area contributed by atoms with E-state index < -0.39 is 0 Å². The molecular weight excluding hydrogens is 552 g/mol. The van der Waals surface area contributed by atoms with Crippen LogP contribution in [0.4, 0.5) is 0 Å². The molecule has 0 saturated heterocycles. The highest BCUT2D eigenvalue weighted by Gasteiger charge is 2.30. The second-order valence-corrected chi connectivity index (χ2v) is 23.1. The fourth-order valence-corrected chi connectivity index (χ4v) is 21.4. The molecule has 2 unspecified atom stereocenters. The zero-order valence-electron chi connectivity index (χ0n) is 20.5. The van der Waals surface area contributed by atoms with E-state index in [2.05, 4.69) is 66.6 Å². The van der Waals surface area contributed by atoms with Gasteiger partial charge in [0.05, 0.1) is 11.4 Å². The minimum Gasteiger partial charge on any atom is -0.300 e. The molecule has 3 atom stereocenters. The first kappa shape index (κ1) is 28.3. The third kappa shape index (κ3) is 6.54. The Balaban J connectivity index is 2.41. The summed E-state index contributed by atoms with van der Waals surface area (Å²) in [4.78, 5) is 8.27. The first-order chi connectivity index (χ1) is 15.7. The average molecular weight is 584 g/mol. The van der Waals surface area contributed by atoms with Crippen LogP contribution in [0.25, 0.3) is 16.8 Å². The summed E-state index contributed by atoms with van der Waals surface area (Å²) in [6.45, 7) is 22.5. The number of rotatable bonds is 5. The van der Waals surface area contributed by atoms with Crippen LogP contribution in [0.1, 0.15) is 75.6 Å². The van der Waals surface area contributed by atoms with Gasteiger partial charge in [0, 0.05) is 39.2 Å². The first-order valence-electron chi connectivity index (χ1n) is 11.1. The Hall–Kier alpha value is 0.730. The van der Waals surface area contributed by atoms with Crippen LogP contribution in [-0.2, 0) is 0 Å². The molecule has 3 rings (SSSR count). The van der Waals surface area contributed by atoms with E-state index in [0.717, 1.165) is 12.8 Å². The highest BCUT2D eigenvalue weighted by atomic mass is 32.3. The topological polar surface area (TPSA) is 15.6 Å². The average Bonchev–Trinajstić information content (AvgIpc) is 2.84. The van der Waals surface area contributed by atoms with Crippen molar-refractivity contribution < 1.29 is 0 Å². The van der Waals surface area contributed by atoms with E-state index in [0.29, 0.717) is 18.0 Å². The Bertz CT molecular complexity index is 1130. The van der Waals surface area contributed by atoms with Crippen molar-refractivity contribution in [1.82, 2.24) is 4.90 Å². The summed E-state index contributed by atoms with van der Waals surface area (Å²) in [7, 11) is 13.6. The van der Waals surface area contributed by atoms with Gasteiger partial charge in [-0.3, -0.25) is 4.99 Å². The molecule has 2 aromatic rings. The molecule has 3 heterocycles. The molecule has 0 spiro atoms. The van der Waals surface area contributed by atoms with Gasteiger partial charge in [-0.2, -0.15) is 0 Å². The molecule has 0 aromatic carbocycles. The summed E-state index contributed by atoms with van der Waals surface area (Å²) >= 11 is 0. The Kier molecular flexibility index (Phi) is 11.0. The third-order valence-corrected chi connectivity index (χ3v) is 23.1. The number of hydrogen-bond acceptors (Lipinski definition) is 2. The molecule has 0 amide bonds. The van der Waals surface area contributed by atoms with Crippen molar-refractivity contribution in [3.05, 3.63) is 39.9 Å². The maximum atomic E-state index is 5.69. The van der Waals surface area contributed by atoms with Crippen molar-refractivity contribution in [2.45, 2.75) is 66.5 Å². The maximum absolute atomic E-state index is 5.69. The predicted molar refractivity (Wildman–Crippen MR) is 167 cm³/mol. The van der Waals surface area contributed by atoms with E-state index in [1.54, 1.807) is 0 Å². The Morgan fingerprint density at radius 3 is 1.97 bits per heavy atom. The second kappa shape index (κ2) is 12.8. The molecule has 1 aliphatic rings. The molecule has 33 heavy (non-hydrogen) atoms. The van der Waals surface area contributed by atoms with E-state index >= 15 is 0 Å². The van der Waals surface area contributed by atoms with Gasteiger partial charge in [0.25, 0.3) is 0 Å². The van der Waals surface area contributed by atoms with E-state index in [4.69, 9.17) is 4.99 Å². The zero-order valence-corrected chi connectivity index (χ0v) is 27.7. The van der Waals surface area contributed by atoms with Crippen molar-refractivity contribution in [2.75, 3.05) is 7.05 Å². The van der Waals surface area contributed by atoms with E-state index in [9.17, 15) is 0 Å². The third-order valence-electron chi connectivity index (χ3n) is 6.41. The summed E-state index contributed by atoms with van der Waals surface area (Å²) < 4.78 is 0. The number of allylic oxidation sites excluding steroid dienone is 2. The second-order valence-electron chi connectivity index (χ2n) is 8.76. The lowest BCUT2D eigenvalue weighted by molar-refractivity contribution is 0.173. The lowest BCUT2D eigenvalue weighted by Crippen LogP contribution is -2.42. The highest BCUT2D eigenvalue weighted by Crippen LogP contribution is 2.51. The van der Waals surface area contributed by atoms with Gasteiger partial charge in [-0.15, -0.1) is 0 Å². The van der Waals surface area contributed by atoms with Crippen molar-refractivity contribution in [2.24, 2.45) is 10.9 Å². The molecule has 174 valence electrons. The van der Waals surface area contributed by atoms with Crippen LogP contribution in [0.3, 0.4) is 0 Å². The molecule has 0 bridgehead atoms. The molecule has 10 heteroatoms. The smallest absolute Gasteiger partial charge is 0.0757 e. The van der Waals surface area contributed by atoms with Crippen LogP contribution < -0.4 is 0 Å². The minimum atomic E-state index is 0.350. The molecule has 2 nitrogen and oxygen atoms in total. The summed E-state index contributed by atoms with van der Waals surface area (Å²) in [6, 6.07) is 0.906. The fraction of sp³-hybridized carbons (Fsp3) is 0.522. The Morgan fingerprint density at radius 2 is 1.42 bits per heavy atom. The lowest BCUT2D eigenvalue weighted by atomic mass is 9.93.